The Balaban J connectivity index is 2.83. The van der Waals surface area contributed by atoms with Crippen molar-refractivity contribution in [3.63, 3.8) is 0 Å². The summed E-state index contributed by atoms with van der Waals surface area (Å²) in [5, 5.41) is 19.7. The molecule has 0 aliphatic carbocycles. The molecule has 0 spiro atoms. The smallest absolute Gasteiger partial charge is 0.339 e. The fourth-order valence-corrected chi connectivity index (χ4v) is 1.43. The number of carboxylic acid groups (broad SMARTS) is 1. The molecule has 6 heteroatoms. The lowest BCUT2D eigenvalue weighted by Gasteiger charge is -2.22. The highest BCUT2D eigenvalue weighted by atomic mass is 16.5. The maximum Gasteiger partial charge on any atom is 0.339 e. The average Bonchev–Trinajstić information content (AvgIpc) is 2.34. The first-order valence-electron chi connectivity index (χ1n) is 5.95. The second-order valence-electron chi connectivity index (χ2n) is 4.25. The van der Waals surface area contributed by atoms with Crippen molar-refractivity contribution in [2.45, 2.75) is 26.8 Å². The molecule has 0 saturated heterocycles. The van der Waals surface area contributed by atoms with Crippen molar-refractivity contribution in [2.24, 2.45) is 5.92 Å². The first-order chi connectivity index (χ1) is 8.56. The zero-order valence-electron chi connectivity index (χ0n) is 10.9. The number of hydrogen-bond donors (Lipinski definition) is 2. The molecule has 100 valence electrons. The lowest BCUT2D eigenvalue weighted by Crippen LogP contribution is -2.32. The molecule has 1 atom stereocenters. The third kappa shape index (κ3) is 3.96. The van der Waals surface area contributed by atoms with Crippen molar-refractivity contribution in [3.8, 4) is 0 Å². The van der Waals surface area contributed by atoms with Gasteiger partial charge < -0.3 is 15.2 Å². The van der Waals surface area contributed by atoms with E-state index in [2.05, 4.69) is 15.5 Å². The Morgan fingerprint density at radius 1 is 1.56 bits per heavy atom. The number of nitrogens with zero attached hydrogens (tertiary/aromatic N) is 2. The van der Waals surface area contributed by atoms with Crippen molar-refractivity contribution >= 4 is 11.8 Å². The van der Waals surface area contributed by atoms with Gasteiger partial charge in [0.15, 0.2) is 5.82 Å². The molecule has 1 aromatic heterocycles. The number of carbonyl (C=O) groups is 1. The minimum Gasteiger partial charge on any atom is -0.478 e. The number of rotatable bonds is 7. The van der Waals surface area contributed by atoms with Crippen LogP contribution in [-0.2, 0) is 4.74 Å². The zero-order valence-corrected chi connectivity index (χ0v) is 10.9. The van der Waals surface area contributed by atoms with Gasteiger partial charge in [-0.25, -0.2) is 4.79 Å². The molecule has 2 N–H and O–H groups in total. The topological polar surface area (TPSA) is 84.3 Å². The van der Waals surface area contributed by atoms with Crippen molar-refractivity contribution in [1.82, 2.24) is 10.2 Å². The highest BCUT2D eigenvalue weighted by molar-refractivity contribution is 5.92. The Kier molecular flexibility index (Phi) is 5.51. The Labute approximate surface area is 106 Å². The van der Waals surface area contributed by atoms with Gasteiger partial charge in [-0.1, -0.05) is 13.8 Å². The molecule has 0 aliphatic rings. The molecule has 1 rings (SSSR count). The first-order valence-corrected chi connectivity index (χ1v) is 5.95. The van der Waals surface area contributed by atoms with Crippen LogP contribution < -0.4 is 5.32 Å². The normalized spacial score (nSPS) is 12.4. The lowest BCUT2D eigenvalue weighted by molar-refractivity contribution is 0.0697. The van der Waals surface area contributed by atoms with E-state index in [1.807, 2.05) is 20.8 Å². The van der Waals surface area contributed by atoms with E-state index >= 15 is 0 Å². The van der Waals surface area contributed by atoms with Crippen LogP contribution in [-0.4, -0.2) is 40.5 Å². The Bertz CT molecular complexity index is 396. The van der Waals surface area contributed by atoms with Crippen LogP contribution in [0.2, 0.25) is 0 Å². The Morgan fingerprint density at radius 3 is 2.83 bits per heavy atom. The van der Waals surface area contributed by atoms with Crippen LogP contribution in [0, 0.1) is 5.92 Å². The molecule has 1 unspecified atom stereocenters. The largest absolute Gasteiger partial charge is 0.478 e. The predicted octanol–water partition coefficient (Wildman–Crippen LogP) is 1.65. The fraction of sp³-hybridized carbons (Fsp3) is 0.583. The Morgan fingerprint density at radius 2 is 2.28 bits per heavy atom. The zero-order chi connectivity index (χ0) is 13.5. The number of nitrogens with one attached hydrogen (secondary N) is 1. The second-order valence-corrected chi connectivity index (χ2v) is 4.25. The summed E-state index contributed by atoms with van der Waals surface area (Å²) in [6.45, 7) is 7.12. The van der Waals surface area contributed by atoms with Gasteiger partial charge in [0, 0.05) is 6.61 Å². The van der Waals surface area contributed by atoms with E-state index in [4.69, 9.17) is 9.84 Å². The number of hydrogen-bond acceptors (Lipinski definition) is 5. The number of aromatic nitrogens is 2. The minimum atomic E-state index is -1.02. The number of aromatic carboxylic acids is 1. The first kappa shape index (κ1) is 14.4. The number of anilines is 1. The van der Waals surface area contributed by atoms with Crippen molar-refractivity contribution < 1.29 is 14.6 Å². The quantitative estimate of drug-likeness (QED) is 0.768. The van der Waals surface area contributed by atoms with Crippen LogP contribution in [0.4, 0.5) is 5.82 Å². The van der Waals surface area contributed by atoms with Crippen molar-refractivity contribution in [2.75, 3.05) is 18.5 Å². The minimum absolute atomic E-state index is 0.000231. The van der Waals surface area contributed by atoms with Crippen LogP contribution in [0.15, 0.2) is 12.3 Å². The van der Waals surface area contributed by atoms with Crippen LogP contribution in [0.5, 0.6) is 0 Å². The molecular weight excluding hydrogens is 234 g/mol. The maximum atomic E-state index is 11.0. The van der Waals surface area contributed by atoms with Gasteiger partial charge in [0.25, 0.3) is 0 Å². The molecule has 0 aliphatic heterocycles. The summed E-state index contributed by atoms with van der Waals surface area (Å²) in [7, 11) is 0. The van der Waals surface area contributed by atoms with E-state index in [0.29, 0.717) is 19.1 Å². The average molecular weight is 253 g/mol. The van der Waals surface area contributed by atoms with Gasteiger partial charge in [0.2, 0.25) is 0 Å². The fourth-order valence-electron chi connectivity index (χ4n) is 1.43. The van der Waals surface area contributed by atoms with Gasteiger partial charge >= 0.3 is 5.97 Å². The van der Waals surface area contributed by atoms with E-state index in [-0.39, 0.29) is 17.4 Å². The molecular formula is C12H19N3O3. The lowest BCUT2D eigenvalue weighted by atomic mass is 10.1. The summed E-state index contributed by atoms with van der Waals surface area (Å²) in [5.74, 6) is -0.449. The molecule has 0 saturated carbocycles. The van der Waals surface area contributed by atoms with Crippen LogP contribution in [0.3, 0.4) is 0 Å². The van der Waals surface area contributed by atoms with Gasteiger partial charge in [-0.05, 0) is 18.9 Å². The third-order valence-electron chi connectivity index (χ3n) is 2.58. The molecule has 1 aromatic rings. The maximum absolute atomic E-state index is 11.0. The summed E-state index contributed by atoms with van der Waals surface area (Å²) in [6.07, 6.45) is 1.36. The van der Waals surface area contributed by atoms with E-state index < -0.39 is 5.97 Å². The van der Waals surface area contributed by atoms with E-state index in [9.17, 15) is 4.79 Å². The van der Waals surface area contributed by atoms with E-state index in [1.165, 1.54) is 12.3 Å². The molecule has 6 nitrogen and oxygen atoms in total. The Hall–Kier alpha value is -1.69. The predicted molar refractivity (Wildman–Crippen MR) is 67.7 cm³/mol. The SMILES string of the molecule is CCOCC(Nc1nnccc1C(=O)O)C(C)C. The van der Waals surface area contributed by atoms with Crippen LogP contribution in [0.25, 0.3) is 0 Å². The second kappa shape index (κ2) is 6.90. The van der Waals surface area contributed by atoms with Gasteiger partial charge in [0.05, 0.1) is 18.8 Å². The van der Waals surface area contributed by atoms with E-state index in [0.717, 1.165) is 0 Å². The molecule has 0 aromatic carbocycles. The van der Waals surface area contributed by atoms with Gasteiger partial charge in [-0.2, -0.15) is 5.10 Å². The highest BCUT2D eigenvalue weighted by Gasteiger charge is 2.18. The molecule has 0 amide bonds. The van der Waals surface area contributed by atoms with Crippen LogP contribution in [0.1, 0.15) is 31.1 Å². The number of carboxylic acids is 1. The van der Waals surface area contributed by atoms with Gasteiger partial charge in [-0.3, -0.25) is 0 Å². The van der Waals surface area contributed by atoms with E-state index in [1.54, 1.807) is 0 Å². The highest BCUT2D eigenvalue weighted by Crippen LogP contribution is 2.15. The number of ether oxygens (including phenoxy) is 1. The summed E-state index contributed by atoms with van der Waals surface area (Å²) < 4.78 is 5.37. The van der Waals surface area contributed by atoms with Crippen LogP contribution >= 0.6 is 0 Å². The summed E-state index contributed by atoms with van der Waals surface area (Å²) in [5.41, 5.74) is 0.118. The van der Waals surface area contributed by atoms with Crippen molar-refractivity contribution in [3.05, 3.63) is 17.8 Å². The molecule has 0 fully saturated rings. The summed E-state index contributed by atoms with van der Waals surface area (Å²) in [4.78, 5) is 11.0. The molecule has 0 bridgehead atoms. The molecule has 1 heterocycles. The molecule has 0 radical (unpaired) electrons. The van der Waals surface area contributed by atoms with Gasteiger partial charge in [0.1, 0.15) is 5.56 Å². The standard InChI is InChI=1S/C12H19N3O3/c1-4-18-7-10(8(2)3)14-11-9(12(16)17)5-6-13-15-11/h5-6,8,10H,4,7H2,1-3H3,(H,14,15)(H,16,17). The third-order valence-corrected chi connectivity index (χ3v) is 2.58. The molecule has 18 heavy (non-hydrogen) atoms. The summed E-state index contributed by atoms with van der Waals surface area (Å²) >= 11 is 0. The summed E-state index contributed by atoms with van der Waals surface area (Å²) in [6, 6.07) is 1.43. The monoisotopic (exact) mass is 253 g/mol. The van der Waals surface area contributed by atoms with Crippen molar-refractivity contribution in [1.29, 1.82) is 0 Å². The van der Waals surface area contributed by atoms with Gasteiger partial charge in [-0.15, -0.1) is 5.10 Å².